The Morgan fingerprint density at radius 2 is 1.75 bits per heavy atom. The molecule has 2 rings (SSSR count). The van der Waals surface area contributed by atoms with Gasteiger partial charge >= 0.3 is 0 Å². The number of hydrogen-bond acceptors (Lipinski definition) is 2. The highest BCUT2D eigenvalue weighted by Crippen LogP contribution is 2.29. The highest BCUT2D eigenvalue weighted by atomic mass is 19.1. The Morgan fingerprint density at radius 1 is 1.15 bits per heavy atom. The number of ketones is 1. The van der Waals surface area contributed by atoms with Crippen molar-refractivity contribution in [3.05, 3.63) is 35.6 Å². The summed E-state index contributed by atoms with van der Waals surface area (Å²) in [6.07, 6.45) is 7.28. The molecule has 1 saturated carbocycles. The lowest BCUT2D eigenvalue weighted by atomic mass is 9.81. The van der Waals surface area contributed by atoms with E-state index in [1.807, 2.05) is 6.07 Å². The van der Waals surface area contributed by atoms with Crippen LogP contribution in [0.25, 0.3) is 0 Å². The highest BCUT2D eigenvalue weighted by Gasteiger charge is 2.29. The Morgan fingerprint density at radius 3 is 2.35 bits per heavy atom. The first-order valence-corrected chi connectivity index (χ1v) is 7.42. The van der Waals surface area contributed by atoms with Gasteiger partial charge in [-0.2, -0.15) is 5.26 Å². The Kier molecular flexibility index (Phi) is 5.29. The maximum Gasteiger partial charge on any atom is 0.157 e. The molecule has 1 aliphatic rings. The molecule has 0 saturated heterocycles. The number of hydrogen-bond donors (Lipinski definition) is 0. The van der Waals surface area contributed by atoms with Gasteiger partial charge in [-0.3, -0.25) is 4.79 Å². The Hall–Kier alpha value is -1.69. The van der Waals surface area contributed by atoms with Gasteiger partial charge in [0, 0.05) is 11.5 Å². The summed E-state index contributed by atoms with van der Waals surface area (Å²) in [7, 11) is 0. The van der Waals surface area contributed by atoms with E-state index in [1.165, 1.54) is 12.5 Å². The average molecular weight is 273 g/mol. The van der Waals surface area contributed by atoms with Gasteiger partial charge in [0.05, 0.1) is 6.07 Å². The first-order chi connectivity index (χ1) is 9.74. The van der Waals surface area contributed by atoms with Crippen LogP contribution in [0.3, 0.4) is 0 Å². The van der Waals surface area contributed by atoms with Crippen LogP contribution in [0, 0.1) is 23.1 Å². The summed E-state index contributed by atoms with van der Waals surface area (Å²) in [6, 6.07) is 8.11. The van der Waals surface area contributed by atoms with Crippen LogP contribution in [0.15, 0.2) is 24.3 Å². The molecule has 0 spiro atoms. The van der Waals surface area contributed by atoms with E-state index >= 15 is 0 Å². The van der Waals surface area contributed by atoms with E-state index in [0.717, 1.165) is 38.5 Å². The molecule has 1 fully saturated rings. The van der Waals surface area contributed by atoms with Crippen LogP contribution in [0.2, 0.25) is 0 Å². The summed E-state index contributed by atoms with van der Waals surface area (Å²) in [4.78, 5) is 12.6. The minimum absolute atomic E-state index is 0.0837. The molecule has 0 heterocycles. The monoisotopic (exact) mass is 273 g/mol. The zero-order valence-corrected chi connectivity index (χ0v) is 11.6. The van der Waals surface area contributed by atoms with Crippen LogP contribution in [0.4, 0.5) is 4.39 Å². The number of nitriles is 1. The van der Waals surface area contributed by atoms with Crippen molar-refractivity contribution < 1.29 is 9.18 Å². The number of carbonyl (C=O) groups excluding carboxylic acids is 1. The molecular weight excluding hydrogens is 253 g/mol. The predicted octanol–water partition coefficient (Wildman–Crippen LogP) is 4.36. The van der Waals surface area contributed by atoms with E-state index in [9.17, 15) is 14.4 Å². The van der Waals surface area contributed by atoms with Gasteiger partial charge in [0.1, 0.15) is 11.7 Å². The molecule has 0 bridgehead atoms. The van der Waals surface area contributed by atoms with Crippen molar-refractivity contribution in [1.82, 2.24) is 0 Å². The van der Waals surface area contributed by atoms with Gasteiger partial charge in [-0.15, -0.1) is 0 Å². The summed E-state index contributed by atoms with van der Waals surface area (Å²) >= 11 is 0. The fraction of sp³-hybridized carbons (Fsp3) is 0.529. The Labute approximate surface area is 119 Å². The van der Waals surface area contributed by atoms with Crippen molar-refractivity contribution in [1.29, 1.82) is 5.26 Å². The second-order valence-corrected chi connectivity index (χ2v) is 5.53. The lowest BCUT2D eigenvalue weighted by molar-refractivity contribution is -0.123. The van der Waals surface area contributed by atoms with Crippen LogP contribution in [-0.4, -0.2) is 5.78 Å². The fourth-order valence-corrected chi connectivity index (χ4v) is 2.97. The molecule has 1 aromatic carbocycles. The highest BCUT2D eigenvalue weighted by molar-refractivity contribution is 5.90. The number of carbonyl (C=O) groups is 1. The number of rotatable bonds is 3. The molecule has 0 amide bonds. The number of nitrogens with zero attached hydrogens (tertiary/aromatic N) is 1. The van der Waals surface area contributed by atoms with Crippen LogP contribution in [0.5, 0.6) is 0 Å². The summed E-state index contributed by atoms with van der Waals surface area (Å²) in [5.74, 6) is -1.60. The standard InChI is InChI=1S/C17H20FNO/c18-16-11-7-6-10-14(16)15(12-19)17(20)13-8-4-2-1-3-5-9-13/h6-7,10-11,13,15H,1-5,8-9H2. The fourth-order valence-electron chi connectivity index (χ4n) is 2.97. The normalized spacial score (nSPS) is 18.6. The summed E-state index contributed by atoms with van der Waals surface area (Å²) in [5.41, 5.74) is 0.224. The third kappa shape index (κ3) is 3.45. The van der Waals surface area contributed by atoms with E-state index in [-0.39, 0.29) is 17.3 Å². The molecule has 2 nitrogen and oxygen atoms in total. The van der Waals surface area contributed by atoms with Crippen LogP contribution in [0.1, 0.15) is 56.4 Å². The summed E-state index contributed by atoms with van der Waals surface area (Å²) < 4.78 is 13.8. The van der Waals surface area contributed by atoms with E-state index in [0.29, 0.717) is 0 Å². The largest absolute Gasteiger partial charge is 0.298 e. The van der Waals surface area contributed by atoms with Gasteiger partial charge in [-0.1, -0.05) is 50.3 Å². The van der Waals surface area contributed by atoms with Crippen molar-refractivity contribution in [2.24, 2.45) is 5.92 Å². The van der Waals surface area contributed by atoms with Crippen molar-refractivity contribution >= 4 is 5.78 Å². The van der Waals surface area contributed by atoms with Gasteiger partial charge in [0.2, 0.25) is 0 Å². The second kappa shape index (κ2) is 7.19. The van der Waals surface area contributed by atoms with Crippen molar-refractivity contribution in [2.45, 2.75) is 50.9 Å². The molecule has 0 aromatic heterocycles. The summed E-state index contributed by atoms with van der Waals surface area (Å²) in [5, 5.41) is 9.29. The van der Waals surface area contributed by atoms with Crippen molar-refractivity contribution in [2.75, 3.05) is 0 Å². The van der Waals surface area contributed by atoms with E-state index in [2.05, 4.69) is 0 Å². The maximum atomic E-state index is 13.8. The number of halogens is 1. The molecule has 1 atom stereocenters. The molecule has 1 aliphatic carbocycles. The molecule has 1 aromatic rings. The van der Waals surface area contributed by atoms with Crippen LogP contribution < -0.4 is 0 Å². The third-order valence-corrected chi connectivity index (χ3v) is 4.14. The smallest absolute Gasteiger partial charge is 0.157 e. The average Bonchev–Trinajstić information content (AvgIpc) is 2.41. The minimum atomic E-state index is -0.958. The molecule has 0 N–H and O–H groups in total. The molecule has 20 heavy (non-hydrogen) atoms. The lowest BCUT2D eigenvalue weighted by Gasteiger charge is -2.21. The van der Waals surface area contributed by atoms with Gasteiger partial charge in [-0.25, -0.2) is 4.39 Å². The number of benzene rings is 1. The molecular formula is C17H20FNO. The van der Waals surface area contributed by atoms with Crippen molar-refractivity contribution in [3.63, 3.8) is 0 Å². The van der Waals surface area contributed by atoms with Gasteiger partial charge in [-0.05, 0) is 18.9 Å². The SMILES string of the molecule is N#CC(C(=O)C1CCCCCCC1)c1ccccc1F. The maximum absolute atomic E-state index is 13.8. The van der Waals surface area contributed by atoms with Gasteiger partial charge < -0.3 is 0 Å². The molecule has 1 unspecified atom stereocenters. The Bertz CT molecular complexity index is 498. The molecule has 0 radical (unpaired) electrons. The quantitative estimate of drug-likeness (QED) is 0.820. The molecule has 0 aliphatic heterocycles. The van der Waals surface area contributed by atoms with E-state index in [4.69, 9.17) is 0 Å². The third-order valence-electron chi connectivity index (χ3n) is 4.14. The van der Waals surface area contributed by atoms with Crippen molar-refractivity contribution in [3.8, 4) is 6.07 Å². The molecule has 106 valence electrons. The minimum Gasteiger partial charge on any atom is -0.298 e. The predicted molar refractivity (Wildman–Crippen MR) is 75.6 cm³/mol. The van der Waals surface area contributed by atoms with E-state index < -0.39 is 11.7 Å². The lowest BCUT2D eigenvalue weighted by Crippen LogP contribution is -2.23. The zero-order chi connectivity index (χ0) is 14.4. The number of Topliss-reactive ketones (excluding diaryl/α,β-unsaturated/α-hetero) is 1. The first-order valence-electron chi connectivity index (χ1n) is 7.42. The molecule has 3 heteroatoms. The zero-order valence-electron chi connectivity index (χ0n) is 11.6. The van der Waals surface area contributed by atoms with Crippen LogP contribution in [-0.2, 0) is 4.79 Å². The van der Waals surface area contributed by atoms with E-state index in [1.54, 1.807) is 18.2 Å². The van der Waals surface area contributed by atoms with Crippen LogP contribution >= 0.6 is 0 Å². The first kappa shape index (κ1) is 14.7. The van der Waals surface area contributed by atoms with Gasteiger partial charge in [0.15, 0.2) is 5.78 Å². The summed E-state index contributed by atoms with van der Waals surface area (Å²) in [6.45, 7) is 0. The van der Waals surface area contributed by atoms with Gasteiger partial charge in [0.25, 0.3) is 0 Å². The topological polar surface area (TPSA) is 40.9 Å². The second-order valence-electron chi connectivity index (χ2n) is 5.53. The Balaban J connectivity index is 2.16.